The minimum absolute atomic E-state index is 0.00314. The number of amides is 1. The van der Waals surface area contributed by atoms with E-state index in [9.17, 15) is 32.8 Å². The Hall–Kier alpha value is -2.88. The zero-order valence-corrected chi connectivity index (χ0v) is 22.1. The molecule has 37 heavy (non-hydrogen) atoms. The number of benzene rings is 1. The molecule has 202 valence electrons. The van der Waals surface area contributed by atoms with Gasteiger partial charge in [0.05, 0.1) is 24.7 Å². The molecule has 2 aromatic rings. The van der Waals surface area contributed by atoms with Crippen LogP contribution in [0.4, 0.5) is 8.78 Å². The van der Waals surface area contributed by atoms with Gasteiger partial charge in [-0.3, -0.25) is 18.9 Å². The molecule has 2 unspecified atom stereocenters. The van der Waals surface area contributed by atoms with Gasteiger partial charge in [-0.05, 0) is 33.3 Å². The molecule has 0 aliphatic carbocycles. The Kier molecular flexibility index (Phi) is 8.72. The normalized spacial score (nSPS) is 18.2. The summed E-state index contributed by atoms with van der Waals surface area (Å²) in [6.07, 6.45) is 1.24. The van der Waals surface area contributed by atoms with Gasteiger partial charge in [-0.1, -0.05) is 6.07 Å². The summed E-state index contributed by atoms with van der Waals surface area (Å²) < 4.78 is 51.8. The number of nitrogens with one attached hydrogen (secondary N) is 1. The van der Waals surface area contributed by atoms with Gasteiger partial charge in [0.15, 0.2) is 18.9 Å². The summed E-state index contributed by atoms with van der Waals surface area (Å²) in [4.78, 5) is 38.7. The molecule has 1 amide bonds. The fourth-order valence-electron chi connectivity index (χ4n) is 4.16. The number of pyridine rings is 1. The summed E-state index contributed by atoms with van der Waals surface area (Å²) in [5.74, 6) is -3.93. The number of nitrogens with zero attached hydrogens (tertiary/aromatic N) is 1. The van der Waals surface area contributed by atoms with Crippen molar-refractivity contribution in [2.24, 2.45) is 5.41 Å². The van der Waals surface area contributed by atoms with Gasteiger partial charge >= 0.3 is 0 Å². The first-order chi connectivity index (χ1) is 17.3. The van der Waals surface area contributed by atoms with E-state index >= 15 is 0 Å². The summed E-state index contributed by atoms with van der Waals surface area (Å²) in [5, 5.41) is 12.9. The van der Waals surface area contributed by atoms with Crippen molar-refractivity contribution in [1.29, 1.82) is 0 Å². The monoisotopic (exact) mass is 540 g/mol. The first-order valence-corrected chi connectivity index (χ1v) is 14.1. The van der Waals surface area contributed by atoms with Gasteiger partial charge in [-0.15, -0.1) is 0 Å². The van der Waals surface area contributed by atoms with Crippen LogP contribution in [-0.2, 0) is 26.9 Å². The summed E-state index contributed by atoms with van der Waals surface area (Å²) in [6.45, 7) is 6.85. The number of ether oxygens (including phenoxy) is 1. The zero-order valence-electron chi connectivity index (χ0n) is 21.2. The van der Waals surface area contributed by atoms with E-state index in [1.54, 1.807) is 27.4 Å². The summed E-state index contributed by atoms with van der Waals surface area (Å²) in [6, 6.07) is 2.87. The number of hydrogen-bond acceptors (Lipinski definition) is 7. The SMILES string of the molecule is CCOP(C)(=O)CCCOC1Cn2cc(C(=O)NCc3ccc(F)cc3F)c(=O)c(O)c2C(=O)C1(C)C. The van der Waals surface area contributed by atoms with Crippen molar-refractivity contribution in [3.8, 4) is 5.75 Å². The lowest BCUT2D eigenvalue weighted by Gasteiger charge is -2.39. The van der Waals surface area contributed by atoms with E-state index in [1.807, 2.05) is 0 Å². The number of hydrogen-bond donors (Lipinski definition) is 2. The van der Waals surface area contributed by atoms with E-state index in [-0.39, 0.29) is 31.0 Å². The van der Waals surface area contributed by atoms with Gasteiger partial charge in [0, 0.05) is 43.8 Å². The molecule has 0 spiro atoms. The summed E-state index contributed by atoms with van der Waals surface area (Å²) in [7, 11) is -2.73. The molecule has 2 atom stereocenters. The minimum atomic E-state index is -2.73. The van der Waals surface area contributed by atoms with Gasteiger partial charge in [-0.25, -0.2) is 8.78 Å². The van der Waals surface area contributed by atoms with Crippen LogP contribution in [0, 0.1) is 17.0 Å². The van der Waals surface area contributed by atoms with Gasteiger partial charge in [0.2, 0.25) is 5.43 Å². The van der Waals surface area contributed by atoms with Crippen LogP contribution in [0.5, 0.6) is 5.75 Å². The lowest BCUT2D eigenvalue weighted by molar-refractivity contribution is -0.0326. The zero-order chi connectivity index (χ0) is 27.5. The average molecular weight is 541 g/mol. The highest BCUT2D eigenvalue weighted by atomic mass is 31.2. The largest absolute Gasteiger partial charge is 0.503 e. The molecule has 0 saturated carbocycles. The van der Waals surface area contributed by atoms with Crippen LogP contribution in [0.3, 0.4) is 0 Å². The fraction of sp³-hybridized carbons (Fsp3) is 0.480. The minimum Gasteiger partial charge on any atom is -0.503 e. The van der Waals surface area contributed by atoms with Crippen molar-refractivity contribution in [3.63, 3.8) is 0 Å². The Morgan fingerprint density at radius 3 is 2.65 bits per heavy atom. The van der Waals surface area contributed by atoms with Crippen LogP contribution in [0.2, 0.25) is 0 Å². The second-order valence-electron chi connectivity index (χ2n) is 9.56. The highest BCUT2D eigenvalue weighted by molar-refractivity contribution is 7.58. The molecule has 2 N–H and O–H groups in total. The molecular formula is C25H31F2N2O7P. The van der Waals surface area contributed by atoms with Gasteiger partial charge in [-0.2, -0.15) is 0 Å². The molecule has 0 fully saturated rings. The van der Waals surface area contributed by atoms with E-state index in [0.29, 0.717) is 25.3 Å². The second-order valence-corrected chi connectivity index (χ2v) is 12.3. The Balaban J connectivity index is 1.79. The molecule has 12 heteroatoms. The second kappa shape index (κ2) is 11.2. The maximum absolute atomic E-state index is 13.9. The Morgan fingerprint density at radius 1 is 1.30 bits per heavy atom. The molecule has 1 aromatic heterocycles. The number of ketones is 1. The van der Waals surface area contributed by atoms with Crippen molar-refractivity contribution in [3.05, 3.63) is 63.1 Å². The predicted molar refractivity (Wildman–Crippen MR) is 132 cm³/mol. The topological polar surface area (TPSA) is 124 Å². The summed E-state index contributed by atoms with van der Waals surface area (Å²) in [5.41, 5.74) is -2.81. The maximum atomic E-state index is 13.9. The average Bonchev–Trinajstić information content (AvgIpc) is 2.81. The fourth-order valence-corrected chi connectivity index (χ4v) is 5.54. The van der Waals surface area contributed by atoms with Crippen molar-refractivity contribution < 1.29 is 37.3 Å². The van der Waals surface area contributed by atoms with Crippen LogP contribution in [0.15, 0.2) is 29.2 Å². The standard InChI is InChI=1S/C25H31F2N2O7P/c1-5-36-37(4,34)10-6-9-35-19-14-29-13-17(21(30)22(31)20(29)23(32)25(19,2)3)24(33)28-12-15-7-8-16(26)11-18(15)27/h7-8,11,13,19,31H,5-6,9-10,12,14H2,1-4H3,(H,28,33). The summed E-state index contributed by atoms with van der Waals surface area (Å²) >= 11 is 0. The number of carbonyl (C=O) groups is 2. The molecule has 3 rings (SSSR count). The Bertz CT molecular complexity index is 1310. The van der Waals surface area contributed by atoms with E-state index in [1.165, 1.54) is 4.57 Å². The van der Waals surface area contributed by atoms with Gasteiger partial charge in [0.25, 0.3) is 5.91 Å². The van der Waals surface area contributed by atoms with E-state index in [2.05, 4.69) is 5.32 Å². The van der Waals surface area contributed by atoms with Gasteiger partial charge < -0.3 is 24.3 Å². The number of fused-ring (bicyclic) bond motifs is 1. The number of carbonyl (C=O) groups excluding carboxylic acids is 2. The highest BCUT2D eigenvalue weighted by Crippen LogP contribution is 2.43. The number of halogens is 2. The Labute approximate surface area is 213 Å². The smallest absolute Gasteiger partial charge is 0.257 e. The van der Waals surface area contributed by atoms with Crippen LogP contribution in [-0.4, -0.2) is 53.5 Å². The predicted octanol–water partition coefficient (Wildman–Crippen LogP) is 3.70. The molecule has 0 radical (unpaired) electrons. The number of rotatable bonds is 10. The number of Topliss-reactive ketones (excluding diaryl/α,β-unsaturated/α-hetero) is 1. The number of aromatic nitrogens is 1. The first-order valence-electron chi connectivity index (χ1n) is 11.8. The van der Waals surface area contributed by atoms with E-state index in [4.69, 9.17) is 9.26 Å². The van der Waals surface area contributed by atoms with Crippen molar-refractivity contribution in [2.75, 3.05) is 26.0 Å². The maximum Gasteiger partial charge on any atom is 0.257 e. The lowest BCUT2D eigenvalue weighted by atomic mass is 9.77. The molecule has 1 aliphatic rings. The van der Waals surface area contributed by atoms with E-state index in [0.717, 1.165) is 18.3 Å². The van der Waals surface area contributed by atoms with Crippen LogP contribution >= 0.6 is 7.37 Å². The third-order valence-corrected chi connectivity index (χ3v) is 8.29. The first kappa shape index (κ1) is 28.7. The Morgan fingerprint density at radius 2 is 2.00 bits per heavy atom. The quantitative estimate of drug-likeness (QED) is 0.348. The highest BCUT2D eigenvalue weighted by Gasteiger charge is 2.45. The van der Waals surface area contributed by atoms with Crippen molar-refractivity contribution in [2.45, 2.75) is 46.4 Å². The third kappa shape index (κ3) is 6.34. The van der Waals surface area contributed by atoms with Crippen LogP contribution in [0.1, 0.15) is 53.6 Å². The third-order valence-electron chi connectivity index (χ3n) is 6.35. The molecule has 0 bridgehead atoms. The van der Waals surface area contributed by atoms with Gasteiger partial charge in [0.1, 0.15) is 22.9 Å². The molecule has 2 heterocycles. The molecule has 1 aliphatic heterocycles. The van der Waals surface area contributed by atoms with Crippen LogP contribution in [0.25, 0.3) is 0 Å². The molecule has 0 saturated heterocycles. The van der Waals surface area contributed by atoms with E-state index < -0.39 is 59.0 Å². The molecule has 9 nitrogen and oxygen atoms in total. The van der Waals surface area contributed by atoms with Crippen molar-refractivity contribution in [1.82, 2.24) is 9.88 Å². The molecule has 1 aromatic carbocycles. The molecular weight excluding hydrogens is 509 g/mol. The number of aromatic hydroxyl groups is 1. The van der Waals surface area contributed by atoms with Crippen molar-refractivity contribution >= 4 is 19.1 Å². The lowest BCUT2D eigenvalue weighted by Crippen LogP contribution is -2.48. The van der Waals surface area contributed by atoms with Crippen LogP contribution < -0.4 is 10.7 Å².